The molecule has 2 aromatic rings. The lowest BCUT2D eigenvalue weighted by atomic mass is 9.95. The molecule has 2 rings (SSSR count). The highest BCUT2D eigenvalue weighted by atomic mass is 32.2. The summed E-state index contributed by atoms with van der Waals surface area (Å²) in [5, 5.41) is 0.781. The van der Waals surface area contributed by atoms with Crippen LogP contribution in [0.15, 0.2) is 18.2 Å². The highest BCUT2D eigenvalue weighted by molar-refractivity contribution is 7.89. The molecule has 0 saturated heterocycles. The topological polar surface area (TPSA) is 85.4 Å². The van der Waals surface area contributed by atoms with Gasteiger partial charge in [-0.15, -0.1) is 0 Å². The summed E-state index contributed by atoms with van der Waals surface area (Å²) in [7, 11) is -2.17. The highest BCUT2D eigenvalue weighted by Gasteiger charge is 2.19. The van der Waals surface area contributed by atoms with E-state index in [9.17, 15) is 13.2 Å². The van der Waals surface area contributed by atoms with Gasteiger partial charge in [-0.3, -0.25) is 9.78 Å². The van der Waals surface area contributed by atoms with Crippen LogP contribution in [0.1, 0.15) is 41.4 Å². The molecule has 124 valence electrons. The normalized spacial score (nSPS) is 11.7. The van der Waals surface area contributed by atoms with Gasteiger partial charge in [0.05, 0.1) is 24.4 Å². The number of benzene rings is 1. The summed E-state index contributed by atoms with van der Waals surface area (Å²) >= 11 is 0. The SMILES string of the molecule is COc1cc(C(=O)NS(C)(=O)=O)c2nc(C)cc(C(C)C)c2c1. The van der Waals surface area contributed by atoms with Gasteiger partial charge in [0.2, 0.25) is 10.0 Å². The molecule has 0 saturated carbocycles. The first-order valence-corrected chi connectivity index (χ1v) is 9.03. The molecule has 0 radical (unpaired) electrons. The Balaban J connectivity index is 2.80. The second-order valence-corrected chi connectivity index (χ2v) is 7.53. The third-order valence-corrected chi connectivity index (χ3v) is 3.98. The number of pyridine rings is 1. The molecule has 23 heavy (non-hydrogen) atoms. The number of hydrogen-bond acceptors (Lipinski definition) is 5. The fourth-order valence-electron chi connectivity index (χ4n) is 2.45. The summed E-state index contributed by atoms with van der Waals surface area (Å²) in [4.78, 5) is 16.8. The summed E-state index contributed by atoms with van der Waals surface area (Å²) in [6.45, 7) is 5.93. The Morgan fingerprint density at radius 2 is 1.91 bits per heavy atom. The van der Waals surface area contributed by atoms with Crippen molar-refractivity contribution in [1.82, 2.24) is 9.71 Å². The van der Waals surface area contributed by atoms with Crippen molar-refractivity contribution in [2.24, 2.45) is 0 Å². The van der Waals surface area contributed by atoms with Crippen LogP contribution in [0.25, 0.3) is 10.9 Å². The van der Waals surface area contributed by atoms with E-state index in [1.165, 1.54) is 13.2 Å². The van der Waals surface area contributed by atoms with Gasteiger partial charge in [-0.25, -0.2) is 13.1 Å². The number of aryl methyl sites for hydroxylation is 1. The van der Waals surface area contributed by atoms with E-state index in [-0.39, 0.29) is 11.5 Å². The van der Waals surface area contributed by atoms with Crippen molar-refractivity contribution in [3.63, 3.8) is 0 Å². The molecule has 0 unspecified atom stereocenters. The van der Waals surface area contributed by atoms with Gasteiger partial charge in [-0.05, 0) is 36.6 Å². The monoisotopic (exact) mass is 336 g/mol. The molecule has 0 fully saturated rings. The number of sulfonamides is 1. The fourth-order valence-corrected chi connectivity index (χ4v) is 2.90. The van der Waals surface area contributed by atoms with Crippen molar-refractivity contribution in [2.45, 2.75) is 26.7 Å². The average Bonchev–Trinajstić information content (AvgIpc) is 2.43. The van der Waals surface area contributed by atoms with Crippen LogP contribution in [-0.4, -0.2) is 32.7 Å². The zero-order valence-corrected chi connectivity index (χ0v) is 14.6. The van der Waals surface area contributed by atoms with Gasteiger partial charge in [-0.2, -0.15) is 0 Å². The molecule has 1 heterocycles. The van der Waals surface area contributed by atoms with Gasteiger partial charge in [-0.1, -0.05) is 13.8 Å². The van der Waals surface area contributed by atoms with Gasteiger partial charge in [0.1, 0.15) is 5.75 Å². The first kappa shape index (κ1) is 17.2. The van der Waals surface area contributed by atoms with E-state index >= 15 is 0 Å². The number of carbonyl (C=O) groups is 1. The quantitative estimate of drug-likeness (QED) is 0.926. The number of amides is 1. The maximum Gasteiger partial charge on any atom is 0.267 e. The Labute approximate surface area is 135 Å². The first-order chi connectivity index (χ1) is 10.6. The van der Waals surface area contributed by atoms with Crippen molar-refractivity contribution < 1.29 is 17.9 Å². The maximum atomic E-state index is 12.3. The first-order valence-electron chi connectivity index (χ1n) is 7.13. The lowest BCUT2D eigenvalue weighted by Gasteiger charge is -2.15. The Bertz CT molecular complexity index is 873. The second-order valence-electron chi connectivity index (χ2n) is 5.78. The predicted molar refractivity (Wildman–Crippen MR) is 89.4 cm³/mol. The summed E-state index contributed by atoms with van der Waals surface area (Å²) in [6.07, 6.45) is 0.936. The van der Waals surface area contributed by atoms with E-state index in [0.717, 1.165) is 22.9 Å². The molecule has 1 amide bonds. The molecular formula is C16H20N2O4S. The van der Waals surface area contributed by atoms with Crippen molar-refractivity contribution in [3.05, 3.63) is 35.0 Å². The molecule has 0 spiro atoms. The summed E-state index contributed by atoms with van der Waals surface area (Å²) < 4.78 is 30.0. The number of rotatable bonds is 4. The minimum absolute atomic E-state index is 0.176. The van der Waals surface area contributed by atoms with Crippen LogP contribution in [0, 0.1) is 6.92 Å². The fraction of sp³-hybridized carbons (Fsp3) is 0.375. The largest absolute Gasteiger partial charge is 0.497 e. The van der Waals surface area contributed by atoms with E-state index in [1.54, 1.807) is 0 Å². The van der Waals surface area contributed by atoms with E-state index in [1.807, 2.05) is 37.6 Å². The number of aromatic nitrogens is 1. The van der Waals surface area contributed by atoms with Crippen LogP contribution in [-0.2, 0) is 10.0 Å². The number of fused-ring (bicyclic) bond motifs is 1. The Morgan fingerprint density at radius 3 is 2.43 bits per heavy atom. The number of ether oxygens (including phenoxy) is 1. The summed E-state index contributed by atoms with van der Waals surface area (Å²) in [5.41, 5.74) is 2.44. The minimum Gasteiger partial charge on any atom is -0.497 e. The van der Waals surface area contributed by atoms with Gasteiger partial charge >= 0.3 is 0 Å². The number of carbonyl (C=O) groups excluding carboxylic acids is 1. The molecular weight excluding hydrogens is 316 g/mol. The molecule has 1 aromatic heterocycles. The van der Waals surface area contributed by atoms with Gasteiger partial charge in [0, 0.05) is 11.1 Å². The Kier molecular flexibility index (Phi) is 4.61. The molecule has 1 aromatic carbocycles. The van der Waals surface area contributed by atoms with Crippen LogP contribution >= 0.6 is 0 Å². The Hall–Kier alpha value is -2.15. The number of hydrogen-bond donors (Lipinski definition) is 1. The zero-order valence-electron chi connectivity index (χ0n) is 13.8. The molecule has 0 aliphatic heterocycles. The smallest absolute Gasteiger partial charge is 0.267 e. The standard InChI is InChI=1S/C16H20N2O4S/c1-9(2)12-6-10(3)17-15-13(12)7-11(22-4)8-14(15)16(19)18-23(5,20)21/h6-9H,1-5H3,(H,18,19). The second kappa shape index (κ2) is 6.16. The van der Waals surface area contributed by atoms with Gasteiger partial charge in [0.25, 0.3) is 5.91 Å². The van der Waals surface area contributed by atoms with Crippen LogP contribution in [0.4, 0.5) is 0 Å². The van der Waals surface area contributed by atoms with E-state index in [4.69, 9.17) is 4.74 Å². The predicted octanol–water partition coefficient (Wildman–Crippen LogP) is 2.36. The number of nitrogens with zero attached hydrogens (tertiary/aromatic N) is 1. The van der Waals surface area contributed by atoms with E-state index in [0.29, 0.717) is 11.3 Å². The maximum absolute atomic E-state index is 12.3. The van der Waals surface area contributed by atoms with Crippen molar-refractivity contribution >= 4 is 26.8 Å². The van der Waals surface area contributed by atoms with Crippen LogP contribution in [0.2, 0.25) is 0 Å². The molecule has 0 bridgehead atoms. The molecule has 6 nitrogen and oxygen atoms in total. The van der Waals surface area contributed by atoms with E-state index in [2.05, 4.69) is 4.98 Å². The van der Waals surface area contributed by atoms with Crippen molar-refractivity contribution in [3.8, 4) is 5.75 Å². The van der Waals surface area contributed by atoms with Crippen LogP contribution in [0.5, 0.6) is 5.75 Å². The number of nitrogens with one attached hydrogen (secondary N) is 1. The van der Waals surface area contributed by atoms with E-state index < -0.39 is 15.9 Å². The molecule has 0 aliphatic carbocycles. The average molecular weight is 336 g/mol. The summed E-state index contributed by atoms with van der Waals surface area (Å²) in [6, 6.07) is 5.28. The molecule has 0 aliphatic rings. The Morgan fingerprint density at radius 1 is 1.26 bits per heavy atom. The van der Waals surface area contributed by atoms with Crippen molar-refractivity contribution in [2.75, 3.05) is 13.4 Å². The highest BCUT2D eigenvalue weighted by Crippen LogP contribution is 2.31. The third kappa shape index (κ3) is 3.79. The summed E-state index contributed by atoms with van der Waals surface area (Å²) in [5.74, 6) is -0.0231. The zero-order chi connectivity index (χ0) is 17.4. The van der Waals surface area contributed by atoms with Gasteiger partial charge < -0.3 is 4.74 Å². The molecule has 0 atom stereocenters. The third-order valence-electron chi connectivity index (χ3n) is 3.43. The van der Waals surface area contributed by atoms with Crippen LogP contribution < -0.4 is 9.46 Å². The molecule has 7 heteroatoms. The number of methoxy groups -OCH3 is 1. The minimum atomic E-state index is -3.66. The lowest BCUT2D eigenvalue weighted by Crippen LogP contribution is -2.29. The van der Waals surface area contributed by atoms with Crippen molar-refractivity contribution in [1.29, 1.82) is 0 Å². The molecule has 1 N–H and O–H groups in total. The van der Waals surface area contributed by atoms with Crippen LogP contribution in [0.3, 0.4) is 0 Å². The van der Waals surface area contributed by atoms with Gasteiger partial charge in [0.15, 0.2) is 0 Å². The lowest BCUT2D eigenvalue weighted by molar-refractivity contribution is 0.0983.